The summed E-state index contributed by atoms with van der Waals surface area (Å²) >= 11 is 0. The standard InChI is InChI=1S/C23H24O7/c24-20(17-6-9-21-22(13-17)28-12-2-11-27-21)15-30-23(25)16-4-7-18(8-5-16)29-14-19-3-1-10-26-19/h4-9,13,19H,1-3,10-12,14-15H2/t19-/m1/s1. The van der Waals surface area contributed by atoms with Crippen molar-refractivity contribution in [3.63, 3.8) is 0 Å². The van der Waals surface area contributed by atoms with Gasteiger partial charge in [0.15, 0.2) is 23.9 Å². The highest BCUT2D eigenvalue weighted by Gasteiger charge is 2.18. The Bertz CT molecular complexity index is 885. The van der Waals surface area contributed by atoms with Gasteiger partial charge in [0.2, 0.25) is 0 Å². The van der Waals surface area contributed by atoms with Gasteiger partial charge in [-0.05, 0) is 55.3 Å². The Hall–Kier alpha value is -3.06. The molecular formula is C23H24O7. The molecule has 2 aromatic carbocycles. The van der Waals surface area contributed by atoms with Gasteiger partial charge in [0.05, 0.1) is 24.9 Å². The Morgan fingerprint density at radius 1 is 0.900 bits per heavy atom. The third kappa shape index (κ3) is 5.10. The molecule has 2 aromatic rings. The zero-order valence-electron chi connectivity index (χ0n) is 16.6. The molecule has 30 heavy (non-hydrogen) atoms. The van der Waals surface area contributed by atoms with Crippen molar-refractivity contribution in [2.75, 3.05) is 33.0 Å². The largest absolute Gasteiger partial charge is 0.491 e. The maximum Gasteiger partial charge on any atom is 0.338 e. The molecule has 7 heteroatoms. The maximum atomic E-state index is 12.4. The first-order chi connectivity index (χ1) is 14.7. The van der Waals surface area contributed by atoms with Crippen molar-refractivity contribution in [2.45, 2.75) is 25.4 Å². The van der Waals surface area contributed by atoms with Crippen molar-refractivity contribution in [3.8, 4) is 17.2 Å². The number of ether oxygens (including phenoxy) is 5. The average molecular weight is 412 g/mol. The number of esters is 1. The lowest BCUT2D eigenvalue weighted by atomic mass is 10.1. The lowest BCUT2D eigenvalue weighted by Crippen LogP contribution is -2.16. The van der Waals surface area contributed by atoms with Crippen LogP contribution < -0.4 is 14.2 Å². The quantitative estimate of drug-likeness (QED) is 0.509. The number of rotatable bonds is 7. The van der Waals surface area contributed by atoms with Crippen LogP contribution in [0.3, 0.4) is 0 Å². The first-order valence-electron chi connectivity index (χ1n) is 10.1. The van der Waals surface area contributed by atoms with Gasteiger partial charge >= 0.3 is 5.97 Å². The molecule has 2 aliphatic rings. The molecule has 0 bridgehead atoms. The molecule has 0 N–H and O–H groups in total. The maximum absolute atomic E-state index is 12.4. The van der Waals surface area contributed by atoms with E-state index in [-0.39, 0.29) is 18.5 Å². The summed E-state index contributed by atoms with van der Waals surface area (Å²) in [6.45, 7) is 2.04. The first-order valence-corrected chi connectivity index (χ1v) is 10.1. The fourth-order valence-electron chi connectivity index (χ4n) is 3.29. The Kier molecular flexibility index (Phi) is 6.49. The fourth-order valence-corrected chi connectivity index (χ4v) is 3.29. The topological polar surface area (TPSA) is 80.3 Å². The van der Waals surface area contributed by atoms with E-state index in [4.69, 9.17) is 23.7 Å². The van der Waals surface area contributed by atoms with E-state index in [1.807, 2.05) is 0 Å². The van der Waals surface area contributed by atoms with Crippen LogP contribution in [0, 0.1) is 0 Å². The molecule has 0 aliphatic carbocycles. The molecule has 0 radical (unpaired) electrons. The second kappa shape index (κ2) is 9.63. The van der Waals surface area contributed by atoms with Gasteiger partial charge in [-0.25, -0.2) is 4.79 Å². The summed E-state index contributed by atoms with van der Waals surface area (Å²) < 4.78 is 27.5. The normalized spacial score (nSPS) is 17.8. The minimum atomic E-state index is -0.566. The molecule has 0 amide bonds. The smallest absolute Gasteiger partial charge is 0.338 e. The van der Waals surface area contributed by atoms with E-state index in [1.54, 1.807) is 42.5 Å². The summed E-state index contributed by atoms with van der Waals surface area (Å²) in [4.78, 5) is 24.7. The number of hydrogen-bond acceptors (Lipinski definition) is 7. The number of hydrogen-bond donors (Lipinski definition) is 0. The molecule has 0 saturated carbocycles. The van der Waals surface area contributed by atoms with Gasteiger partial charge in [0.25, 0.3) is 0 Å². The summed E-state index contributed by atoms with van der Waals surface area (Å²) in [5.41, 5.74) is 0.760. The first kappa shape index (κ1) is 20.2. The van der Waals surface area contributed by atoms with E-state index < -0.39 is 5.97 Å². The van der Waals surface area contributed by atoms with E-state index >= 15 is 0 Å². The molecule has 4 rings (SSSR count). The van der Waals surface area contributed by atoms with Crippen molar-refractivity contribution in [2.24, 2.45) is 0 Å². The van der Waals surface area contributed by atoms with Crippen LogP contribution in [0.15, 0.2) is 42.5 Å². The van der Waals surface area contributed by atoms with E-state index in [2.05, 4.69) is 0 Å². The van der Waals surface area contributed by atoms with Crippen LogP contribution >= 0.6 is 0 Å². The predicted octanol–water partition coefficient (Wildman–Crippen LogP) is 3.45. The Balaban J connectivity index is 1.28. The summed E-state index contributed by atoms with van der Waals surface area (Å²) in [5, 5.41) is 0. The molecule has 7 nitrogen and oxygen atoms in total. The van der Waals surface area contributed by atoms with Crippen LogP contribution in [0.2, 0.25) is 0 Å². The number of Topliss-reactive ketones (excluding diaryl/α,β-unsaturated/α-hetero) is 1. The molecule has 2 heterocycles. The van der Waals surface area contributed by atoms with E-state index in [1.165, 1.54) is 0 Å². The number of carbonyl (C=O) groups excluding carboxylic acids is 2. The molecule has 0 aromatic heterocycles. The third-order valence-corrected chi connectivity index (χ3v) is 4.95. The van der Waals surface area contributed by atoms with Gasteiger partial charge in [0, 0.05) is 18.6 Å². The van der Waals surface area contributed by atoms with Crippen molar-refractivity contribution in [1.29, 1.82) is 0 Å². The monoisotopic (exact) mass is 412 g/mol. The number of benzene rings is 2. The molecular weight excluding hydrogens is 388 g/mol. The highest BCUT2D eigenvalue weighted by atomic mass is 16.5. The molecule has 1 atom stereocenters. The predicted molar refractivity (Wildman–Crippen MR) is 108 cm³/mol. The van der Waals surface area contributed by atoms with Crippen LogP contribution in [-0.2, 0) is 9.47 Å². The molecule has 1 fully saturated rings. The van der Waals surface area contributed by atoms with E-state index in [9.17, 15) is 9.59 Å². The molecule has 158 valence electrons. The summed E-state index contributed by atoms with van der Waals surface area (Å²) in [6, 6.07) is 11.6. The van der Waals surface area contributed by atoms with Crippen molar-refractivity contribution < 1.29 is 33.3 Å². The van der Waals surface area contributed by atoms with Crippen molar-refractivity contribution in [3.05, 3.63) is 53.6 Å². The van der Waals surface area contributed by atoms with Gasteiger partial charge in [-0.1, -0.05) is 0 Å². The Labute approximate surface area is 174 Å². The lowest BCUT2D eigenvalue weighted by Gasteiger charge is -2.11. The van der Waals surface area contributed by atoms with Gasteiger partial charge < -0.3 is 23.7 Å². The van der Waals surface area contributed by atoms with Crippen LogP contribution in [0.4, 0.5) is 0 Å². The summed E-state index contributed by atoms with van der Waals surface area (Å²) in [5.74, 6) is 0.926. The van der Waals surface area contributed by atoms with Crippen molar-refractivity contribution in [1.82, 2.24) is 0 Å². The summed E-state index contributed by atoms with van der Waals surface area (Å²) in [7, 11) is 0. The number of fused-ring (bicyclic) bond motifs is 1. The van der Waals surface area contributed by atoms with Gasteiger partial charge in [-0.15, -0.1) is 0 Å². The summed E-state index contributed by atoms with van der Waals surface area (Å²) in [6.07, 6.45) is 2.98. The van der Waals surface area contributed by atoms with Gasteiger partial charge in [-0.2, -0.15) is 0 Å². The van der Waals surface area contributed by atoms with Crippen LogP contribution in [0.5, 0.6) is 17.2 Å². The average Bonchev–Trinajstić information content (AvgIpc) is 3.19. The molecule has 1 saturated heterocycles. The lowest BCUT2D eigenvalue weighted by molar-refractivity contribution is 0.0474. The molecule has 2 aliphatic heterocycles. The second-order valence-corrected chi connectivity index (χ2v) is 7.18. The van der Waals surface area contributed by atoms with Gasteiger partial charge in [-0.3, -0.25) is 4.79 Å². The third-order valence-electron chi connectivity index (χ3n) is 4.95. The number of ketones is 1. The highest BCUT2D eigenvalue weighted by molar-refractivity contribution is 5.99. The minimum Gasteiger partial charge on any atom is -0.491 e. The highest BCUT2D eigenvalue weighted by Crippen LogP contribution is 2.30. The fraction of sp³-hybridized carbons (Fsp3) is 0.391. The zero-order valence-corrected chi connectivity index (χ0v) is 16.6. The second-order valence-electron chi connectivity index (χ2n) is 7.18. The van der Waals surface area contributed by atoms with E-state index in [0.717, 1.165) is 25.9 Å². The van der Waals surface area contributed by atoms with Crippen molar-refractivity contribution >= 4 is 11.8 Å². The van der Waals surface area contributed by atoms with Crippen LogP contribution in [0.25, 0.3) is 0 Å². The number of carbonyl (C=O) groups is 2. The van der Waals surface area contributed by atoms with Crippen LogP contribution in [0.1, 0.15) is 40.0 Å². The molecule has 0 spiro atoms. The molecule has 0 unspecified atom stereocenters. The Morgan fingerprint density at radius 2 is 1.67 bits per heavy atom. The van der Waals surface area contributed by atoms with Gasteiger partial charge in [0.1, 0.15) is 12.4 Å². The SMILES string of the molecule is O=C(COC(=O)c1ccc(OC[C@H]2CCCO2)cc1)c1ccc2c(c1)OCCCO2. The minimum absolute atomic E-state index is 0.130. The zero-order chi connectivity index (χ0) is 20.8. The van der Waals surface area contributed by atoms with E-state index in [0.29, 0.717) is 48.2 Å². The Morgan fingerprint density at radius 3 is 2.43 bits per heavy atom. The van der Waals surface area contributed by atoms with Crippen LogP contribution in [-0.4, -0.2) is 50.9 Å².